The van der Waals surface area contributed by atoms with Crippen molar-refractivity contribution >= 4 is 40.1 Å². The largest absolute Gasteiger partial charge is 0.431 e. The van der Waals surface area contributed by atoms with Crippen molar-refractivity contribution in [2.75, 3.05) is 4.90 Å². The van der Waals surface area contributed by atoms with Crippen LogP contribution < -0.4 is 4.90 Å². The van der Waals surface area contributed by atoms with Crippen molar-refractivity contribution in [3.05, 3.63) is 83.9 Å². The Labute approximate surface area is 179 Å². The summed E-state index contributed by atoms with van der Waals surface area (Å²) in [5.74, 6) is 0.0616. The van der Waals surface area contributed by atoms with Gasteiger partial charge in [0, 0.05) is 0 Å². The minimum absolute atomic E-state index is 0.0616. The number of oxazole rings is 1. The molecule has 0 saturated carbocycles. The van der Waals surface area contributed by atoms with Gasteiger partial charge in [-0.1, -0.05) is 67.2 Å². The molecule has 4 nitrogen and oxygen atoms in total. The van der Waals surface area contributed by atoms with E-state index in [1.165, 1.54) is 22.9 Å². The summed E-state index contributed by atoms with van der Waals surface area (Å²) in [7, 11) is 0. The number of carbonyl (C=O) groups excluding carboxylic acids is 1. The van der Waals surface area contributed by atoms with Crippen LogP contribution in [0, 0.1) is 0 Å². The van der Waals surface area contributed by atoms with E-state index in [4.69, 9.17) is 4.42 Å². The Kier molecular flexibility index (Phi) is 5.05. The van der Waals surface area contributed by atoms with Gasteiger partial charge in [-0.2, -0.15) is 0 Å². The van der Waals surface area contributed by atoms with E-state index in [2.05, 4.69) is 17.1 Å². The third-order valence-electron chi connectivity index (χ3n) is 5.51. The van der Waals surface area contributed by atoms with E-state index in [-0.39, 0.29) is 11.2 Å². The molecule has 5 heteroatoms. The number of benzene rings is 3. The Hall–Kier alpha value is -3.05. The van der Waals surface area contributed by atoms with E-state index in [1.54, 1.807) is 0 Å². The summed E-state index contributed by atoms with van der Waals surface area (Å²) in [5, 5.41) is 0.241. The van der Waals surface area contributed by atoms with Gasteiger partial charge in [-0.05, 0) is 54.7 Å². The van der Waals surface area contributed by atoms with Gasteiger partial charge in [0.15, 0.2) is 5.58 Å². The number of para-hydroxylation sites is 4. The van der Waals surface area contributed by atoms with Crippen molar-refractivity contribution in [2.24, 2.45) is 0 Å². The summed E-state index contributed by atoms with van der Waals surface area (Å²) in [5.41, 5.74) is 5.90. The zero-order valence-electron chi connectivity index (χ0n) is 16.7. The molecule has 1 amide bonds. The molecule has 0 N–H and O–H groups in total. The van der Waals surface area contributed by atoms with Crippen molar-refractivity contribution in [2.45, 2.75) is 36.7 Å². The second kappa shape index (κ2) is 8.00. The molecule has 1 unspecified atom stereocenters. The molecular weight excluding hydrogens is 392 g/mol. The van der Waals surface area contributed by atoms with Gasteiger partial charge in [0.2, 0.25) is 5.91 Å². The fraction of sp³-hybridized carbons (Fsp3) is 0.200. The first-order valence-corrected chi connectivity index (χ1v) is 11.1. The number of carbonyl (C=O) groups is 1. The number of anilines is 2. The smallest absolute Gasteiger partial charge is 0.257 e. The molecule has 4 aromatic rings. The molecule has 30 heavy (non-hydrogen) atoms. The van der Waals surface area contributed by atoms with E-state index in [0.717, 1.165) is 35.3 Å². The SMILES string of the molecule is CCC(Sc1nc2ccccc2o1)C(=O)N1c2ccccc2CCc2ccccc21. The molecule has 0 aliphatic carbocycles. The van der Waals surface area contributed by atoms with Crippen molar-refractivity contribution in [3.63, 3.8) is 0 Å². The van der Waals surface area contributed by atoms with Crippen LogP contribution in [-0.4, -0.2) is 16.1 Å². The van der Waals surface area contributed by atoms with E-state index < -0.39 is 0 Å². The zero-order chi connectivity index (χ0) is 20.5. The zero-order valence-corrected chi connectivity index (χ0v) is 17.6. The number of nitrogens with zero attached hydrogens (tertiary/aromatic N) is 2. The van der Waals surface area contributed by atoms with Crippen LogP contribution in [0.25, 0.3) is 11.1 Å². The van der Waals surface area contributed by atoms with Crippen LogP contribution in [0.3, 0.4) is 0 Å². The lowest BCUT2D eigenvalue weighted by atomic mass is 10.0. The number of aryl methyl sites for hydroxylation is 2. The van der Waals surface area contributed by atoms with Gasteiger partial charge >= 0.3 is 0 Å². The average Bonchev–Trinajstić information content (AvgIpc) is 3.12. The van der Waals surface area contributed by atoms with Crippen LogP contribution in [0.15, 0.2) is 82.4 Å². The lowest BCUT2D eigenvalue weighted by Gasteiger charge is -2.28. The highest BCUT2D eigenvalue weighted by Crippen LogP contribution is 2.39. The third kappa shape index (κ3) is 3.39. The molecule has 5 rings (SSSR count). The topological polar surface area (TPSA) is 46.3 Å². The van der Waals surface area contributed by atoms with Crippen LogP contribution in [0.2, 0.25) is 0 Å². The van der Waals surface area contributed by atoms with Crippen molar-refractivity contribution in [1.29, 1.82) is 0 Å². The second-order valence-electron chi connectivity index (χ2n) is 7.39. The molecule has 1 atom stereocenters. The maximum Gasteiger partial charge on any atom is 0.257 e. The molecule has 0 spiro atoms. The van der Waals surface area contributed by atoms with Gasteiger partial charge in [-0.15, -0.1) is 0 Å². The van der Waals surface area contributed by atoms with E-state index in [1.807, 2.05) is 72.5 Å². The van der Waals surface area contributed by atoms with Gasteiger partial charge in [0.25, 0.3) is 5.22 Å². The minimum atomic E-state index is -0.294. The molecule has 0 radical (unpaired) electrons. The van der Waals surface area contributed by atoms with E-state index in [0.29, 0.717) is 11.6 Å². The van der Waals surface area contributed by atoms with Gasteiger partial charge in [-0.3, -0.25) is 9.69 Å². The van der Waals surface area contributed by atoms with E-state index >= 15 is 0 Å². The molecule has 150 valence electrons. The predicted molar refractivity (Wildman–Crippen MR) is 121 cm³/mol. The van der Waals surface area contributed by atoms with E-state index in [9.17, 15) is 4.79 Å². The number of aromatic nitrogens is 1. The summed E-state index contributed by atoms with van der Waals surface area (Å²) in [6, 6.07) is 24.1. The number of amides is 1. The fourth-order valence-electron chi connectivity index (χ4n) is 3.99. The molecule has 0 bridgehead atoms. The van der Waals surface area contributed by atoms with Crippen LogP contribution >= 0.6 is 11.8 Å². The van der Waals surface area contributed by atoms with Crippen molar-refractivity contribution < 1.29 is 9.21 Å². The summed E-state index contributed by atoms with van der Waals surface area (Å²) in [6.07, 6.45) is 2.53. The van der Waals surface area contributed by atoms with Crippen LogP contribution in [0.5, 0.6) is 0 Å². The Morgan fingerprint density at radius 1 is 0.967 bits per heavy atom. The molecular formula is C25H22N2O2S. The highest BCUT2D eigenvalue weighted by molar-refractivity contribution is 8.00. The standard InChI is InChI=1S/C25H22N2O2S/c1-2-23(30-25-26-19-11-5-8-14-22(19)29-25)24(28)27-20-12-6-3-9-17(20)15-16-18-10-4-7-13-21(18)27/h3-14,23H,2,15-16H2,1H3. The Morgan fingerprint density at radius 3 is 2.20 bits per heavy atom. The summed E-state index contributed by atoms with van der Waals surface area (Å²) in [6.45, 7) is 2.04. The molecule has 0 saturated heterocycles. The molecule has 1 aromatic heterocycles. The quantitative estimate of drug-likeness (QED) is 0.375. The van der Waals surface area contributed by atoms with Gasteiger partial charge in [-0.25, -0.2) is 4.98 Å². The van der Waals surface area contributed by atoms with Crippen molar-refractivity contribution in [3.8, 4) is 0 Å². The lowest BCUT2D eigenvalue weighted by Crippen LogP contribution is -2.34. The maximum absolute atomic E-state index is 13.9. The fourth-order valence-corrected chi connectivity index (χ4v) is 4.90. The number of rotatable bonds is 4. The van der Waals surface area contributed by atoms with Crippen LogP contribution in [-0.2, 0) is 17.6 Å². The number of fused-ring (bicyclic) bond motifs is 3. The van der Waals surface area contributed by atoms with Crippen LogP contribution in [0.1, 0.15) is 24.5 Å². The molecule has 0 fully saturated rings. The monoisotopic (exact) mass is 414 g/mol. The van der Waals surface area contributed by atoms with Gasteiger partial charge in [0.05, 0.1) is 16.6 Å². The Morgan fingerprint density at radius 2 is 1.57 bits per heavy atom. The first kappa shape index (κ1) is 18.9. The van der Waals surface area contributed by atoms with Gasteiger partial charge < -0.3 is 4.42 Å². The summed E-state index contributed by atoms with van der Waals surface area (Å²) >= 11 is 1.40. The lowest BCUT2D eigenvalue weighted by molar-refractivity contribution is -0.117. The summed E-state index contributed by atoms with van der Waals surface area (Å²) in [4.78, 5) is 20.3. The number of thioether (sulfide) groups is 1. The minimum Gasteiger partial charge on any atom is -0.431 e. The van der Waals surface area contributed by atoms with Crippen molar-refractivity contribution in [1.82, 2.24) is 4.98 Å². The normalized spacial score (nSPS) is 14.1. The highest BCUT2D eigenvalue weighted by atomic mass is 32.2. The Balaban J connectivity index is 1.53. The number of hydrogen-bond acceptors (Lipinski definition) is 4. The molecule has 2 heterocycles. The first-order chi connectivity index (χ1) is 14.7. The first-order valence-electron chi connectivity index (χ1n) is 10.3. The maximum atomic E-state index is 13.9. The Bertz CT molecular complexity index is 1140. The third-order valence-corrected chi connectivity index (χ3v) is 6.71. The van der Waals surface area contributed by atoms with Crippen LogP contribution in [0.4, 0.5) is 11.4 Å². The molecule has 3 aromatic carbocycles. The molecule has 1 aliphatic rings. The summed E-state index contributed by atoms with van der Waals surface area (Å²) < 4.78 is 5.88. The number of hydrogen-bond donors (Lipinski definition) is 0. The average molecular weight is 415 g/mol. The predicted octanol–water partition coefficient (Wildman–Crippen LogP) is 6.16. The highest BCUT2D eigenvalue weighted by Gasteiger charge is 2.31. The molecule has 1 aliphatic heterocycles. The van der Waals surface area contributed by atoms with Gasteiger partial charge in [0.1, 0.15) is 5.52 Å². The second-order valence-corrected chi connectivity index (χ2v) is 8.55.